The van der Waals surface area contributed by atoms with Crippen LogP contribution in [0.2, 0.25) is 0 Å². The van der Waals surface area contributed by atoms with E-state index in [4.69, 9.17) is 14.8 Å². The fraction of sp³-hybridized carbons (Fsp3) is 0.781. The number of rotatable bonds is 29. The minimum absolute atomic E-state index is 0.0419. The number of unbranched alkanes of at least 4 members (excludes halogenated alkanes) is 11. The van der Waals surface area contributed by atoms with E-state index >= 15 is 0 Å². The molecule has 1 amide bonds. The number of carbonyl (C=O) groups is 1. The van der Waals surface area contributed by atoms with Crippen molar-refractivity contribution in [1.29, 1.82) is 0 Å². The number of carbonyl (C=O) groups excluding carboxylic acids is 1. The highest BCUT2D eigenvalue weighted by atomic mass is 31.2. The van der Waals surface area contributed by atoms with Gasteiger partial charge in [-0.3, -0.25) is 13.8 Å². The molecule has 0 saturated heterocycles. The van der Waals surface area contributed by atoms with Crippen LogP contribution in [0.5, 0.6) is 0 Å². The molecule has 42 heavy (non-hydrogen) atoms. The molecule has 0 heterocycles. The van der Waals surface area contributed by atoms with E-state index in [9.17, 15) is 24.5 Å². The third-order valence-corrected chi connectivity index (χ3v) is 7.74. The number of hydrogen-bond donors (Lipinski definition) is 5. The summed E-state index contributed by atoms with van der Waals surface area (Å²) in [7, 11) is -4.39. The van der Waals surface area contributed by atoms with Gasteiger partial charge in [0.05, 0.1) is 37.9 Å². The minimum atomic E-state index is -4.39. The first-order valence-electron chi connectivity index (χ1n) is 16.2. The van der Waals surface area contributed by atoms with Gasteiger partial charge in [-0.05, 0) is 44.9 Å². The smallest absolute Gasteiger partial charge is 0.393 e. The van der Waals surface area contributed by atoms with Gasteiger partial charge in [0.25, 0.3) is 0 Å². The number of aliphatic hydroxyl groups is 2. The van der Waals surface area contributed by atoms with Gasteiger partial charge in [0, 0.05) is 6.54 Å². The standard InChI is InChI=1S/C32H61N2O7P/c1-3-5-7-9-11-12-13-14-15-16-18-20-22-24-31(36)30(28-41-42(38,39)40-26-25-33)34-32(37)27-29(35)23-21-19-17-10-8-6-4-2/h11-12,15-16,22,24,29-31,35-36H,3-10,13-14,17-21,23,25-28,33H2,1-2H3,(H,34,37)(H,38,39)/b12-11+,16-15+,24-22+. The van der Waals surface area contributed by atoms with Crippen molar-refractivity contribution in [3.05, 3.63) is 36.5 Å². The molecule has 0 aromatic heterocycles. The van der Waals surface area contributed by atoms with Crippen molar-refractivity contribution in [1.82, 2.24) is 5.32 Å². The van der Waals surface area contributed by atoms with E-state index in [0.29, 0.717) is 12.8 Å². The Kier molecular flexibility index (Phi) is 27.6. The van der Waals surface area contributed by atoms with Crippen LogP contribution in [0.15, 0.2) is 36.5 Å². The summed E-state index contributed by atoms with van der Waals surface area (Å²) >= 11 is 0. The molecule has 0 spiro atoms. The van der Waals surface area contributed by atoms with Gasteiger partial charge in [0.2, 0.25) is 5.91 Å². The van der Waals surface area contributed by atoms with Crippen LogP contribution < -0.4 is 11.1 Å². The minimum Gasteiger partial charge on any atom is -0.393 e. The monoisotopic (exact) mass is 616 g/mol. The van der Waals surface area contributed by atoms with Gasteiger partial charge in [0.1, 0.15) is 0 Å². The van der Waals surface area contributed by atoms with E-state index in [0.717, 1.165) is 44.9 Å². The third kappa shape index (κ3) is 26.3. The Bertz CT molecular complexity index is 776. The van der Waals surface area contributed by atoms with E-state index in [1.165, 1.54) is 44.9 Å². The van der Waals surface area contributed by atoms with Crippen molar-refractivity contribution in [2.45, 2.75) is 141 Å². The first kappa shape index (κ1) is 40.7. The number of phosphoric ester groups is 1. The van der Waals surface area contributed by atoms with Gasteiger partial charge in [-0.1, -0.05) is 108 Å². The molecule has 9 nitrogen and oxygen atoms in total. The molecule has 6 N–H and O–H groups in total. The molecule has 246 valence electrons. The summed E-state index contributed by atoms with van der Waals surface area (Å²) in [5.41, 5.74) is 5.31. The molecular formula is C32H61N2O7P. The lowest BCUT2D eigenvalue weighted by atomic mass is 10.0. The molecule has 0 saturated carbocycles. The first-order chi connectivity index (χ1) is 20.3. The highest BCUT2D eigenvalue weighted by molar-refractivity contribution is 7.47. The Morgan fingerprint density at radius 3 is 1.98 bits per heavy atom. The molecule has 0 fully saturated rings. The zero-order valence-electron chi connectivity index (χ0n) is 26.3. The van der Waals surface area contributed by atoms with E-state index in [2.05, 4.69) is 43.5 Å². The van der Waals surface area contributed by atoms with E-state index in [1.807, 2.05) is 0 Å². The molecule has 0 bridgehead atoms. The molecule has 4 unspecified atom stereocenters. The van der Waals surface area contributed by atoms with E-state index in [-0.39, 0.29) is 19.6 Å². The Morgan fingerprint density at radius 1 is 0.810 bits per heavy atom. The number of nitrogens with two attached hydrogens (primary N) is 1. The fourth-order valence-corrected chi connectivity index (χ4v) is 5.02. The predicted molar refractivity (Wildman–Crippen MR) is 172 cm³/mol. The van der Waals surface area contributed by atoms with Crippen molar-refractivity contribution >= 4 is 13.7 Å². The molecule has 0 aromatic carbocycles. The highest BCUT2D eigenvalue weighted by Gasteiger charge is 2.27. The van der Waals surface area contributed by atoms with Crippen LogP contribution in [0.1, 0.15) is 123 Å². The number of allylic oxidation sites excluding steroid dienone is 5. The lowest BCUT2D eigenvalue weighted by Crippen LogP contribution is -2.46. The van der Waals surface area contributed by atoms with Crippen molar-refractivity contribution in [3.8, 4) is 0 Å². The predicted octanol–water partition coefficient (Wildman–Crippen LogP) is 6.63. The number of amides is 1. The lowest BCUT2D eigenvalue weighted by molar-refractivity contribution is -0.124. The average molecular weight is 617 g/mol. The highest BCUT2D eigenvalue weighted by Crippen LogP contribution is 2.43. The van der Waals surface area contributed by atoms with Gasteiger partial charge in [-0.2, -0.15) is 0 Å². The summed E-state index contributed by atoms with van der Waals surface area (Å²) in [4.78, 5) is 22.4. The Labute approximate surface area is 255 Å². The fourth-order valence-electron chi connectivity index (χ4n) is 4.26. The average Bonchev–Trinajstić information content (AvgIpc) is 2.96. The Balaban J connectivity index is 4.67. The Morgan fingerprint density at radius 2 is 1.36 bits per heavy atom. The number of nitrogens with one attached hydrogen (secondary N) is 1. The second kappa shape index (κ2) is 28.5. The molecule has 0 aromatic rings. The molecule has 0 radical (unpaired) electrons. The van der Waals surface area contributed by atoms with Gasteiger partial charge >= 0.3 is 7.82 Å². The van der Waals surface area contributed by atoms with Gasteiger partial charge in [0.15, 0.2) is 0 Å². The van der Waals surface area contributed by atoms with E-state index in [1.54, 1.807) is 12.2 Å². The quantitative estimate of drug-likeness (QED) is 0.0357. The number of phosphoric acid groups is 1. The molecule has 0 aliphatic carbocycles. The van der Waals surface area contributed by atoms with Crippen LogP contribution >= 0.6 is 7.82 Å². The zero-order chi connectivity index (χ0) is 31.3. The SMILES string of the molecule is CCCCC/C=C/CC/C=C/CC/C=C/C(O)C(COP(=O)(O)OCCN)NC(=O)CC(O)CCCCCCCCC. The van der Waals surface area contributed by atoms with Crippen LogP contribution in [-0.4, -0.2) is 59.0 Å². The maximum absolute atomic E-state index is 12.6. The first-order valence-corrected chi connectivity index (χ1v) is 17.7. The summed E-state index contributed by atoms with van der Waals surface area (Å²) in [6.45, 7) is 3.81. The van der Waals surface area contributed by atoms with Gasteiger partial charge in [-0.15, -0.1) is 0 Å². The second-order valence-electron chi connectivity index (χ2n) is 10.8. The summed E-state index contributed by atoms with van der Waals surface area (Å²) < 4.78 is 21.8. The normalized spacial score (nSPS) is 15.9. The molecule has 4 atom stereocenters. The maximum Gasteiger partial charge on any atom is 0.472 e. The summed E-state index contributed by atoms with van der Waals surface area (Å²) in [6, 6.07) is -0.999. The molecule has 10 heteroatoms. The van der Waals surface area contributed by atoms with Crippen molar-refractivity contribution in [3.63, 3.8) is 0 Å². The number of aliphatic hydroxyl groups excluding tert-OH is 2. The maximum atomic E-state index is 12.6. The summed E-state index contributed by atoms with van der Waals surface area (Å²) in [6.07, 6.45) is 26.8. The van der Waals surface area contributed by atoms with Gasteiger partial charge in [-0.25, -0.2) is 4.57 Å². The van der Waals surface area contributed by atoms with Crippen molar-refractivity contribution in [2.24, 2.45) is 5.73 Å². The molecule has 0 aliphatic rings. The van der Waals surface area contributed by atoms with Gasteiger partial charge < -0.3 is 26.2 Å². The van der Waals surface area contributed by atoms with Crippen LogP contribution in [-0.2, 0) is 18.4 Å². The molecule has 0 rings (SSSR count). The third-order valence-electron chi connectivity index (χ3n) is 6.75. The van der Waals surface area contributed by atoms with Crippen molar-refractivity contribution < 1.29 is 33.5 Å². The van der Waals surface area contributed by atoms with Crippen LogP contribution in [0.4, 0.5) is 0 Å². The molecule has 0 aliphatic heterocycles. The largest absolute Gasteiger partial charge is 0.472 e. The number of hydrogen-bond acceptors (Lipinski definition) is 7. The van der Waals surface area contributed by atoms with Crippen LogP contribution in [0, 0.1) is 0 Å². The van der Waals surface area contributed by atoms with E-state index < -0.39 is 38.6 Å². The van der Waals surface area contributed by atoms with Crippen LogP contribution in [0.25, 0.3) is 0 Å². The van der Waals surface area contributed by atoms with Crippen LogP contribution in [0.3, 0.4) is 0 Å². The molecular weight excluding hydrogens is 555 g/mol. The summed E-state index contributed by atoms with van der Waals surface area (Å²) in [5.74, 6) is -0.468. The lowest BCUT2D eigenvalue weighted by Gasteiger charge is -2.24. The summed E-state index contributed by atoms with van der Waals surface area (Å²) in [5, 5.41) is 23.7. The topological polar surface area (TPSA) is 151 Å². The Hall–Kier alpha value is -1.32. The van der Waals surface area contributed by atoms with Crippen molar-refractivity contribution in [2.75, 3.05) is 19.8 Å². The second-order valence-corrected chi connectivity index (χ2v) is 12.3. The zero-order valence-corrected chi connectivity index (χ0v) is 27.2.